The van der Waals surface area contributed by atoms with E-state index in [2.05, 4.69) is 42.2 Å². The zero-order valence-corrected chi connectivity index (χ0v) is 20.4. The lowest BCUT2D eigenvalue weighted by atomic mass is 9.99. The van der Waals surface area contributed by atoms with E-state index in [4.69, 9.17) is 5.21 Å². The zero-order chi connectivity index (χ0) is 23.3. The summed E-state index contributed by atoms with van der Waals surface area (Å²) in [5, 5.41) is 11.5. The molecule has 31 heavy (non-hydrogen) atoms. The first-order valence-electron chi connectivity index (χ1n) is 11.5. The van der Waals surface area contributed by atoms with E-state index >= 15 is 0 Å². The summed E-state index contributed by atoms with van der Waals surface area (Å²) in [4.78, 5) is 23.6. The van der Waals surface area contributed by atoms with E-state index in [1.165, 1.54) is 50.3 Å². The Hall–Kier alpha value is -1.57. The van der Waals surface area contributed by atoms with Crippen molar-refractivity contribution in [2.45, 2.75) is 83.6 Å². The second-order valence-electron chi connectivity index (χ2n) is 7.47. The van der Waals surface area contributed by atoms with Gasteiger partial charge in [0.1, 0.15) is 6.04 Å². The molecule has 0 saturated carbocycles. The lowest BCUT2D eigenvalue weighted by Crippen LogP contribution is -2.46. The van der Waals surface area contributed by atoms with Crippen LogP contribution in [0.15, 0.2) is 24.3 Å². The van der Waals surface area contributed by atoms with Crippen molar-refractivity contribution in [2.75, 3.05) is 19.1 Å². The monoisotopic (exact) mass is 453 g/mol. The molecule has 0 unspecified atom stereocenters. The van der Waals surface area contributed by atoms with E-state index in [0.29, 0.717) is 12.8 Å². The van der Waals surface area contributed by atoms with Crippen molar-refractivity contribution in [1.82, 2.24) is 10.8 Å². The highest BCUT2D eigenvalue weighted by atomic mass is 32.2. The molecule has 0 aliphatic rings. The zero-order valence-electron chi connectivity index (χ0n) is 19.6. The molecule has 0 aliphatic heterocycles. The highest BCUT2D eigenvalue weighted by molar-refractivity contribution is 7.98. The van der Waals surface area contributed by atoms with E-state index in [-0.39, 0.29) is 5.91 Å². The molecule has 0 saturated heterocycles. The Balaban J connectivity index is 0.00000436. The van der Waals surface area contributed by atoms with Crippen molar-refractivity contribution in [3.63, 3.8) is 0 Å². The Morgan fingerprint density at radius 2 is 1.58 bits per heavy atom. The number of nitrogens with two attached hydrogens (primary N) is 1. The van der Waals surface area contributed by atoms with Crippen LogP contribution in [0.4, 0.5) is 0 Å². The van der Waals surface area contributed by atoms with Crippen molar-refractivity contribution in [2.24, 2.45) is 5.73 Å². The van der Waals surface area contributed by atoms with Crippen LogP contribution in [0.2, 0.25) is 0 Å². The van der Waals surface area contributed by atoms with Crippen LogP contribution in [0.1, 0.15) is 75.8 Å². The summed E-state index contributed by atoms with van der Waals surface area (Å²) in [6.45, 7) is 2.21. The number of aryl methyl sites for hydroxylation is 2. The molecule has 0 spiro atoms. The topological polar surface area (TPSA) is 104 Å². The number of unbranched alkanes of at least 4 members (excludes halogenated alkanes) is 6. The van der Waals surface area contributed by atoms with Gasteiger partial charge in [-0.2, -0.15) is 11.8 Å². The number of amides is 2. The summed E-state index contributed by atoms with van der Waals surface area (Å²) in [5.74, 6) is 0.0887. The van der Waals surface area contributed by atoms with Gasteiger partial charge in [0.05, 0.1) is 0 Å². The number of carbonyl (C=O) groups excluding carboxylic acids is 2. The van der Waals surface area contributed by atoms with Gasteiger partial charge in [0.2, 0.25) is 5.91 Å². The normalized spacial score (nSPS) is 11.3. The number of hydroxylamine groups is 1. The maximum atomic E-state index is 12.0. The summed E-state index contributed by atoms with van der Waals surface area (Å²) in [5.41, 5.74) is 9.10. The van der Waals surface area contributed by atoms with Crippen molar-refractivity contribution >= 4 is 23.6 Å². The van der Waals surface area contributed by atoms with Gasteiger partial charge in [-0.25, -0.2) is 5.48 Å². The molecule has 1 aromatic carbocycles. The minimum Gasteiger partial charge on any atom is -0.344 e. The number of benzene rings is 1. The molecular weight excluding hydrogens is 410 g/mol. The Bertz CT molecular complexity index is 599. The first-order valence-corrected chi connectivity index (χ1v) is 12.9. The van der Waals surface area contributed by atoms with Gasteiger partial charge in [-0.1, -0.05) is 63.3 Å². The van der Waals surface area contributed by atoms with Crippen molar-refractivity contribution in [3.05, 3.63) is 35.4 Å². The predicted molar refractivity (Wildman–Crippen MR) is 131 cm³/mol. The first kappa shape index (κ1) is 29.4. The molecule has 1 atom stereocenters. The maximum Gasteiger partial charge on any atom is 0.265 e. The summed E-state index contributed by atoms with van der Waals surface area (Å²) in [6, 6.07) is 8.07. The van der Waals surface area contributed by atoms with Crippen LogP contribution in [-0.4, -0.2) is 42.1 Å². The van der Waals surface area contributed by atoms with E-state index < -0.39 is 11.9 Å². The van der Waals surface area contributed by atoms with Crippen LogP contribution < -0.4 is 16.5 Å². The molecule has 2 amide bonds. The number of thioether (sulfide) groups is 1. The fraction of sp³-hybridized carbons (Fsp3) is 0.667. The smallest absolute Gasteiger partial charge is 0.265 e. The molecule has 7 heteroatoms. The summed E-state index contributed by atoms with van der Waals surface area (Å²) in [6.07, 6.45) is 13.1. The Kier molecular flexibility index (Phi) is 19.3. The van der Waals surface area contributed by atoms with Gasteiger partial charge in [0.25, 0.3) is 5.91 Å². The van der Waals surface area contributed by atoms with Crippen LogP contribution in [-0.2, 0) is 22.4 Å². The van der Waals surface area contributed by atoms with E-state index in [0.717, 1.165) is 31.4 Å². The predicted octanol–water partition coefficient (Wildman–Crippen LogP) is 4.23. The molecule has 1 aromatic rings. The SMILES string of the molecule is CCc1ccccc1CCCCCCCCCC(=O)N[C@H](CCSC)C(=O)NO.CN. The van der Waals surface area contributed by atoms with Gasteiger partial charge in [-0.15, -0.1) is 0 Å². The fourth-order valence-corrected chi connectivity index (χ4v) is 3.95. The number of hydrogen-bond acceptors (Lipinski definition) is 5. The minimum atomic E-state index is -0.655. The third-order valence-electron chi connectivity index (χ3n) is 5.22. The Morgan fingerprint density at radius 3 is 2.16 bits per heavy atom. The van der Waals surface area contributed by atoms with Crippen LogP contribution in [0.25, 0.3) is 0 Å². The largest absolute Gasteiger partial charge is 0.344 e. The maximum absolute atomic E-state index is 12.0. The average Bonchev–Trinajstić information content (AvgIpc) is 2.81. The molecule has 0 aliphatic carbocycles. The minimum absolute atomic E-state index is 0.116. The lowest BCUT2D eigenvalue weighted by Gasteiger charge is -2.16. The molecule has 0 aromatic heterocycles. The van der Waals surface area contributed by atoms with E-state index in [1.54, 1.807) is 17.2 Å². The van der Waals surface area contributed by atoms with Gasteiger partial charge >= 0.3 is 0 Å². The number of rotatable bonds is 16. The molecule has 5 N–H and O–H groups in total. The summed E-state index contributed by atoms with van der Waals surface area (Å²) < 4.78 is 0. The van der Waals surface area contributed by atoms with Crippen molar-refractivity contribution in [1.29, 1.82) is 0 Å². The average molecular weight is 454 g/mol. The molecule has 0 fully saturated rings. The number of nitrogens with one attached hydrogen (secondary N) is 2. The highest BCUT2D eigenvalue weighted by Gasteiger charge is 2.19. The lowest BCUT2D eigenvalue weighted by molar-refractivity contribution is -0.134. The van der Waals surface area contributed by atoms with Crippen LogP contribution in [0.5, 0.6) is 0 Å². The van der Waals surface area contributed by atoms with Crippen molar-refractivity contribution in [3.8, 4) is 0 Å². The third-order valence-corrected chi connectivity index (χ3v) is 5.87. The van der Waals surface area contributed by atoms with Crippen LogP contribution in [0.3, 0.4) is 0 Å². The molecule has 0 radical (unpaired) electrons. The van der Waals surface area contributed by atoms with Gasteiger partial charge in [-0.05, 0) is 62.3 Å². The van der Waals surface area contributed by atoms with E-state index in [1.807, 2.05) is 6.26 Å². The molecular formula is C24H43N3O3S. The fourth-order valence-electron chi connectivity index (χ4n) is 3.48. The molecule has 0 bridgehead atoms. The molecule has 1 rings (SSSR count). The first-order chi connectivity index (χ1) is 15.1. The van der Waals surface area contributed by atoms with Gasteiger partial charge in [-0.3, -0.25) is 14.8 Å². The quantitative estimate of drug-likeness (QED) is 0.170. The standard InChI is InChI=1S/C23H38N2O3S.CH5N/c1-3-19-13-11-12-15-20(19)14-9-7-5-4-6-8-10-16-22(26)24-21(17-18-29-2)23(27)25-28;1-2/h11-13,15,21,28H,3-10,14,16-18H2,1-2H3,(H,24,26)(H,25,27);2H2,1H3/t21-;/m1./s1. The molecule has 6 nitrogen and oxygen atoms in total. The Morgan fingerprint density at radius 1 is 1.00 bits per heavy atom. The molecule has 178 valence electrons. The second kappa shape index (κ2) is 20.3. The molecule has 0 heterocycles. The van der Waals surface area contributed by atoms with E-state index in [9.17, 15) is 9.59 Å². The Labute approximate surface area is 193 Å². The highest BCUT2D eigenvalue weighted by Crippen LogP contribution is 2.15. The third kappa shape index (κ3) is 14.2. The van der Waals surface area contributed by atoms with Gasteiger partial charge in [0, 0.05) is 6.42 Å². The summed E-state index contributed by atoms with van der Waals surface area (Å²) >= 11 is 1.60. The van der Waals surface area contributed by atoms with Crippen LogP contribution in [0, 0.1) is 0 Å². The second-order valence-corrected chi connectivity index (χ2v) is 8.46. The summed E-state index contributed by atoms with van der Waals surface area (Å²) in [7, 11) is 1.50. The van der Waals surface area contributed by atoms with Crippen LogP contribution >= 0.6 is 11.8 Å². The van der Waals surface area contributed by atoms with Gasteiger partial charge in [0.15, 0.2) is 0 Å². The van der Waals surface area contributed by atoms with Gasteiger partial charge < -0.3 is 11.1 Å². The van der Waals surface area contributed by atoms with Crippen molar-refractivity contribution < 1.29 is 14.8 Å². The number of hydrogen-bond donors (Lipinski definition) is 4. The number of carbonyl (C=O) groups is 2.